The van der Waals surface area contributed by atoms with E-state index in [2.05, 4.69) is 21.2 Å². The standard InChI is InChI=1S/C18H20BrNO4/c1-22-16-6-8-17(9-7-16)23-13-11-20-18(21)24-12-10-14-2-4-15(19)5-3-14/h2-9H,10-13H2,1H3,(H,20,21). The lowest BCUT2D eigenvalue weighted by Crippen LogP contribution is -2.29. The maximum Gasteiger partial charge on any atom is 0.407 e. The number of hydrogen-bond acceptors (Lipinski definition) is 4. The molecule has 1 N–H and O–H groups in total. The van der Waals surface area contributed by atoms with E-state index in [0.717, 1.165) is 21.5 Å². The quantitative estimate of drug-likeness (QED) is 0.692. The van der Waals surface area contributed by atoms with Crippen molar-refractivity contribution in [3.05, 3.63) is 58.6 Å². The fourth-order valence-corrected chi connectivity index (χ4v) is 2.22. The van der Waals surface area contributed by atoms with E-state index in [1.54, 1.807) is 7.11 Å². The molecule has 24 heavy (non-hydrogen) atoms. The molecule has 2 aromatic carbocycles. The number of benzene rings is 2. The van der Waals surface area contributed by atoms with Crippen molar-refractivity contribution in [3.63, 3.8) is 0 Å². The molecule has 6 heteroatoms. The molecule has 5 nitrogen and oxygen atoms in total. The van der Waals surface area contributed by atoms with Crippen LogP contribution in [0.5, 0.6) is 11.5 Å². The van der Waals surface area contributed by atoms with Gasteiger partial charge in [0.1, 0.15) is 18.1 Å². The highest BCUT2D eigenvalue weighted by atomic mass is 79.9. The van der Waals surface area contributed by atoms with Gasteiger partial charge in [0.15, 0.2) is 0 Å². The second-order valence-electron chi connectivity index (χ2n) is 4.96. The van der Waals surface area contributed by atoms with Crippen LogP contribution in [-0.2, 0) is 11.2 Å². The fraction of sp³-hybridized carbons (Fsp3) is 0.278. The Morgan fingerprint density at radius 1 is 1.00 bits per heavy atom. The Balaban J connectivity index is 1.56. The Morgan fingerprint density at radius 2 is 1.67 bits per heavy atom. The molecule has 0 saturated carbocycles. The maximum absolute atomic E-state index is 11.6. The average molecular weight is 394 g/mol. The largest absolute Gasteiger partial charge is 0.497 e. The summed E-state index contributed by atoms with van der Waals surface area (Å²) in [7, 11) is 1.61. The SMILES string of the molecule is COc1ccc(OCCNC(=O)OCCc2ccc(Br)cc2)cc1. The second kappa shape index (κ2) is 9.82. The van der Waals surface area contributed by atoms with E-state index in [4.69, 9.17) is 14.2 Å². The van der Waals surface area contributed by atoms with Gasteiger partial charge in [-0.05, 0) is 42.0 Å². The highest BCUT2D eigenvalue weighted by molar-refractivity contribution is 9.10. The lowest BCUT2D eigenvalue weighted by Gasteiger charge is -2.09. The molecule has 0 radical (unpaired) electrons. The first kappa shape index (κ1) is 18.1. The van der Waals surface area contributed by atoms with E-state index in [1.807, 2.05) is 48.5 Å². The zero-order chi connectivity index (χ0) is 17.2. The number of halogens is 1. The minimum atomic E-state index is -0.439. The summed E-state index contributed by atoms with van der Waals surface area (Å²) in [5, 5.41) is 2.65. The monoisotopic (exact) mass is 393 g/mol. The Bertz CT molecular complexity index is 628. The summed E-state index contributed by atoms with van der Waals surface area (Å²) in [5.41, 5.74) is 1.12. The molecule has 0 spiro atoms. The van der Waals surface area contributed by atoms with Crippen LogP contribution in [0.4, 0.5) is 4.79 Å². The predicted octanol–water partition coefficient (Wildman–Crippen LogP) is 3.81. The van der Waals surface area contributed by atoms with E-state index < -0.39 is 6.09 Å². The van der Waals surface area contributed by atoms with E-state index in [9.17, 15) is 4.79 Å². The van der Waals surface area contributed by atoms with Crippen LogP contribution in [0.15, 0.2) is 53.0 Å². The molecule has 0 heterocycles. The maximum atomic E-state index is 11.6. The minimum absolute atomic E-state index is 0.340. The van der Waals surface area contributed by atoms with Gasteiger partial charge in [-0.1, -0.05) is 28.1 Å². The molecule has 0 aliphatic rings. The van der Waals surface area contributed by atoms with Gasteiger partial charge in [0.05, 0.1) is 20.3 Å². The van der Waals surface area contributed by atoms with Gasteiger partial charge >= 0.3 is 6.09 Å². The van der Waals surface area contributed by atoms with Crippen molar-refractivity contribution in [1.29, 1.82) is 0 Å². The number of hydrogen-bond donors (Lipinski definition) is 1. The van der Waals surface area contributed by atoms with Crippen LogP contribution in [0.1, 0.15) is 5.56 Å². The summed E-state index contributed by atoms with van der Waals surface area (Å²) in [4.78, 5) is 11.6. The Kier molecular flexibility index (Phi) is 7.42. The molecule has 0 unspecified atom stereocenters. The van der Waals surface area contributed by atoms with Gasteiger partial charge in [-0.3, -0.25) is 0 Å². The first-order valence-electron chi connectivity index (χ1n) is 7.59. The molecule has 0 fully saturated rings. The summed E-state index contributed by atoms with van der Waals surface area (Å²) in [6.07, 6.45) is 0.244. The number of carbonyl (C=O) groups is 1. The lowest BCUT2D eigenvalue weighted by molar-refractivity contribution is 0.145. The van der Waals surface area contributed by atoms with Crippen molar-refractivity contribution in [2.75, 3.05) is 26.9 Å². The number of carbonyl (C=O) groups excluding carboxylic acids is 1. The third-order valence-corrected chi connectivity index (χ3v) is 3.77. The number of methoxy groups -OCH3 is 1. The topological polar surface area (TPSA) is 56.8 Å². The number of ether oxygens (including phenoxy) is 3. The molecular formula is C18H20BrNO4. The molecule has 2 aromatic rings. The molecule has 1 amide bonds. The van der Waals surface area contributed by atoms with Gasteiger partial charge in [-0.25, -0.2) is 4.79 Å². The number of rotatable bonds is 8. The van der Waals surface area contributed by atoms with Crippen molar-refractivity contribution in [3.8, 4) is 11.5 Å². The van der Waals surface area contributed by atoms with Crippen LogP contribution >= 0.6 is 15.9 Å². The van der Waals surface area contributed by atoms with Crippen LogP contribution in [0, 0.1) is 0 Å². The highest BCUT2D eigenvalue weighted by Crippen LogP contribution is 2.16. The van der Waals surface area contributed by atoms with Gasteiger partial charge in [0.2, 0.25) is 0 Å². The van der Waals surface area contributed by atoms with Crippen LogP contribution in [0.2, 0.25) is 0 Å². The van der Waals surface area contributed by atoms with Crippen molar-refractivity contribution in [2.45, 2.75) is 6.42 Å². The molecule has 0 bridgehead atoms. The average Bonchev–Trinajstić information content (AvgIpc) is 2.61. The molecule has 0 aliphatic heterocycles. The Morgan fingerprint density at radius 3 is 2.33 bits per heavy atom. The van der Waals surface area contributed by atoms with Crippen molar-refractivity contribution < 1.29 is 19.0 Å². The fourth-order valence-electron chi connectivity index (χ4n) is 1.96. The molecule has 0 aromatic heterocycles. The molecular weight excluding hydrogens is 374 g/mol. The summed E-state index contributed by atoms with van der Waals surface area (Å²) >= 11 is 3.38. The van der Waals surface area contributed by atoms with Crippen LogP contribution in [0.25, 0.3) is 0 Å². The third kappa shape index (κ3) is 6.50. The van der Waals surface area contributed by atoms with Crippen molar-refractivity contribution in [1.82, 2.24) is 5.32 Å². The first-order valence-corrected chi connectivity index (χ1v) is 8.38. The van der Waals surface area contributed by atoms with Gasteiger partial charge in [0.25, 0.3) is 0 Å². The van der Waals surface area contributed by atoms with Crippen molar-refractivity contribution in [2.24, 2.45) is 0 Å². The van der Waals surface area contributed by atoms with E-state index in [-0.39, 0.29) is 0 Å². The Labute approximate surface area is 150 Å². The molecule has 0 atom stereocenters. The summed E-state index contributed by atoms with van der Waals surface area (Å²) < 4.78 is 16.7. The summed E-state index contributed by atoms with van der Waals surface area (Å²) in [6.45, 7) is 1.09. The summed E-state index contributed by atoms with van der Waals surface area (Å²) in [6, 6.07) is 15.2. The normalized spacial score (nSPS) is 10.1. The van der Waals surface area contributed by atoms with Gasteiger partial charge in [-0.2, -0.15) is 0 Å². The van der Waals surface area contributed by atoms with Crippen LogP contribution < -0.4 is 14.8 Å². The van der Waals surface area contributed by atoms with Crippen LogP contribution in [0.3, 0.4) is 0 Å². The van der Waals surface area contributed by atoms with Gasteiger partial charge in [0, 0.05) is 10.9 Å². The number of alkyl carbamates (subject to hydrolysis) is 1. The second-order valence-corrected chi connectivity index (χ2v) is 5.88. The zero-order valence-corrected chi connectivity index (χ0v) is 15.0. The summed E-state index contributed by atoms with van der Waals surface area (Å²) in [5.74, 6) is 1.50. The lowest BCUT2D eigenvalue weighted by atomic mass is 10.2. The van der Waals surface area contributed by atoms with E-state index in [0.29, 0.717) is 26.2 Å². The smallest absolute Gasteiger partial charge is 0.407 e. The van der Waals surface area contributed by atoms with E-state index >= 15 is 0 Å². The zero-order valence-electron chi connectivity index (χ0n) is 13.5. The van der Waals surface area contributed by atoms with Crippen LogP contribution in [-0.4, -0.2) is 33.0 Å². The first-order chi connectivity index (χ1) is 11.7. The third-order valence-electron chi connectivity index (χ3n) is 3.24. The Hall–Kier alpha value is -2.21. The molecule has 128 valence electrons. The minimum Gasteiger partial charge on any atom is -0.497 e. The molecule has 2 rings (SSSR count). The number of amides is 1. The van der Waals surface area contributed by atoms with E-state index in [1.165, 1.54) is 0 Å². The van der Waals surface area contributed by atoms with Gasteiger partial charge in [-0.15, -0.1) is 0 Å². The predicted molar refractivity (Wildman–Crippen MR) is 95.7 cm³/mol. The number of nitrogens with one attached hydrogen (secondary N) is 1. The molecule has 0 aliphatic carbocycles. The van der Waals surface area contributed by atoms with Crippen molar-refractivity contribution >= 4 is 22.0 Å². The van der Waals surface area contributed by atoms with Gasteiger partial charge < -0.3 is 19.5 Å². The molecule has 0 saturated heterocycles. The highest BCUT2D eigenvalue weighted by Gasteiger charge is 2.02.